The first kappa shape index (κ1) is 13.8. The van der Waals surface area contributed by atoms with Crippen LogP contribution in [0.5, 0.6) is 0 Å². The fraction of sp³-hybridized carbons (Fsp3) is 0.417. The van der Waals surface area contributed by atoms with Gasteiger partial charge in [0.05, 0.1) is 11.5 Å². The summed E-state index contributed by atoms with van der Waals surface area (Å²) in [6, 6.07) is 5.98. The molecule has 1 amide bonds. The number of hydrogen-bond acceptors (Lipinski definition) is 5. The minimum Gasteiger partial charge on any atom is -0.325 e. The Morgan fingerprint density at radius 3 is 2.84 bits per heavy atom. The fourth-order valence-corrected chi connectivity index (χ4v) is 2.84. The lowest BCUT2D eigenvalue weighted by atomic mass is 10.3. The number of nitrogens with zero attached hydrogens (tertiary/aromatic N) is 2. The standard InChI is InChI=1S/C12H15N3O3S/c16-12(9-14-4-6-19-7-5-14)13-10-2-1-3-11(8-10)15(17)18/h1-3,8H,4-7,9H2,(H,13,16). The van der Waals surface area contributed by atoms with Crippen LogP contribution in [0.3, 0.4) is 0 Å². The third kappa shape index (κ3) is 4.22. The van der Waals surface area contributed by atoms with E-state index in [0.29, 0.717) is 12.2 Å². The quantitative estimate of drug-likeness (QED) is 0.670. The van der Waals surface area contributed by atoms with Gasteiger partial charge in [0.1, 0.15) is 0 Å². The summed E-state index contributed by atoms with van der Waals surface area (Å²) >= 11 is 1.89. The number of hydrogen-bond donors (Lipinski definition) is 1. The highest BCUT2D eigenvalue weighted by Crippen LogP contribution is 2.17. The Balaban J connectivity index is 1.90. The molecule has 0 bridgehead atoms. The molecule has 1 aliphatic heterocycles. The Bertz CT molecular complexity index is 475. The summed E-state index contributed by atoms with van der Waals surface area (Å²) in [6.45, 7) is 2.16. The average Bonchev–Trinajstić information content (AvgIpc) is 2.40. The van der Waals surface area contributed by atoms with Crippen molar-refractivity contribution in [1.82, 2.24) is 4.90 Å². The maximum Gasteiger partial charge on any atom is 0.271 e. The summed E-state index contributed by atoms with van der Waals surface area (Å²) in [5.41, 5.74) is 0.442. The molecule has 1 saturated heterocycles. The molecule has 0 radical (unpaired) electrons. The summed E-state index contributed by atoms with van der Waals surface area (Å²) in [6.07, 6.45) is 0. The first-order valence-corrected chi connectivity index (χ1v) is 7.15. The van der Waals surface area contributed by atoms with Crippen LogP contribution in [0.1, 0.15) is 0 Å². The number of benzene rings is 1. The SMILES string of the molecule is O=C(CN1CCSCC1)Nc1cccc([N+](=O)[O-])c1. The maximum absolute atomic E-state index is 11.8. The van der Waals surface area contributed by atoms with E-state index in [2.05, 4.69) is 10.2 Å². The summed E-state index contributed by atoms with van der Waals surface area (Å²) in [4.78, 5) is 24.1. The lowest BCUT2D eigenvalue weighted by molar-refractivity contribution is -0.384. The molecule has 1 aromatic rings. The Morgan fingerprint density at radius 1 is 1.42 bits per heavy atom. The zero-order valence-electron chi connectivity index (χ0n) is 10.4. The van der Waals surface area contributed by atoms with Gasteiger partial charge < -0.3 is 5.32 Å². The molecule has 0 spiro atoms. The van der Waals surface area contributed by atoms with Crippen molar-refractivity contribution in [3.8, 4) is 0 Å². The Morgan fingerprint density at radius 2 is 2.16 bits per heavy atom. The Hall–Kier alpha value is -1.60. The van der Waals surface area contributed by atoms with Crippen LogP contribution in [0.15, 0.2) is 24.3 Å². The Labute approximate surface area is 115 Å². The average molecular weight is 281 g/mol. The highest BCUT2D eigenvalue weighted by atomic mass is 32.2. The molecular weight excluding hydrogens is 266 g/mol. The molecule has 0 aromatic heterocycles. The van der Waals surface area contributed by atoms with Crippen molar-refractivity contribution in [3.63, 3.8) is 0 Å². The van der Waals surface area contributed by atoms with Crippen LogP contribution in [-0.2, 0) is 4.79 Å². The lowest BCUT2D eigenvalue weighted by Crippen LogP contribution is -2.38. The fourth-order valence-electron chi connectivity index (χ4n) is 1.86. The van der Waals surface area contributed by atoms with E-state index in [-0.39, 0.29) is 11.6 Å². The van der Waals surface area contributed by atoms with E-state index >= 15 is 0 Å². The predicted octanol–water partition coefficient (Wildman–Crippen LogP) is 1.58. The van der Waals surface area contributed by atoms with Crippen molar-refractivity contribution >= 4 is 29.0 Å². The van der Waals surface area contributed by atoms with Gasteiger partial charge >= 0.3 is 0 Å². The number of nitrogens with one attached hydrogen (secondary N) is 1. The molecule has 1 N–H and O–H groups in total. The van der Waals surface area contributed by atoms with E-state index < -0.39 is 4.92 Å². The van der Waals surface area contributed by atoms with Crippen molar-refractivity contribution < 1.29 is 9.72 Å². The van der Waals surface area contributed by atoms with Gasteiger partial charge in [-0.1, -0.05) is 6.07 Å². The maximum atomic E-state index is 11.8. The predicted molar refractivity (Wildman–Crippen MR) is 75.5 cm³/mol. The molecule has 19 heavy (non-hydrogen) atoms. The molecule has 6 nitrogen and oxygen atoms in total. The van der Waals surface area contributed by atoms with Crippen molar-refractivity contribution in [2.24, 2.45) is 0 Å². The van der Waals surface area contributed by atoms with E-state index in [4.69, 9.17) is 0 Å². The first-order valence-electron chi connectivity index (χ1n) is 5.99. The summed E-state index contributed by atoms with van der Waals surface area (Å²) in [5.74, 6) is 1.96. The number of anilines is 1. The number of nitro groups is 1. The molecule has 1 aliphatic rings. The van der Waals surface area contributed by atoms with Gasteiger partial charge in [0.2, 0.25) is 5.91 Å². The number of amides is 1. The zero-order valence-corrected chi connectivity index (χ0v) is 11.2. The molecule has 7 heteroatoms. The second-order valence-corrected chi connectivity index (χ2v) is 5.47. The largest absolute Gasteiger partial charge is 0.325 e. The van der Waals surface area contributed by atoms with Gasteiger partial charge in [0.25, 0.3) is 5.69 Å². The topological polar surface area (TPSA) is 75.5 Å². The van der Waals surface area contributed by atoms with Gasteiger partial charge in [-0.15, -0.1) is 0 Å². The molecule has 1 aromatic carbocycles. The molecule has 0 unspecified atom stereocenters. The van der Waals surface area contributed by atoms with Gasteiger partial charge in [-0.25, -0.2) is 0 Å². The number of carbonyl (C=O) groups is 1. The summed E-state index contributed by atoms with van der Waals surface area (Å²) in [5, 5.41) is 13.3. The van der Waals surface area contributed by atoms with Crippen LogP contribution in [0.4, 0.5) is 11.4 Å². The van der Waals surface area contributed by atoms with Crippen LogP contribution in [0, 0.1) is 10.1 Å². The second-order valence-electron chi connectivity index (χ2n) is 4.24. The van der Waals surface area contributed by atoms with E-state index in [9.17, 15) is 14.9 Å². The van der Waals surface area contributed by atoms with E-state index in [0.717, 1.165) is 24.6 Å². The number of carbonyl (C=O) groups excluding carboxylic acids is 1. The molecule has 1 heterocycles. The molecule has 102 valence electrons. The van der Waals surface area contributed by atoms with Crippen molar-refractivity contribution in [1.29, 1.82) is 0 Å². The van der Waals surface area contributed by atoms with Crippen LogP contribution in [0.25, 0.3) is 0 Å². The van der Waals surface area contributed by atoms with Crippen molar-refractivity contribution in [2.75, 3.05) is 36.5 Å². The second kappa shape index (κ2) is 6.53. The van der Waals surface area contributed by atoms with Gasteiger partial charge in [-0.2, -0.15) is 11.8 Å². The van der Waals surface area contributed by atoms with Gasteiger partial charge in [-0.05, 0) is 6.07 Å². The molecule has 0 saturated carbocycles. The van der Waals surface area contributed by atoms with E-state index in [1.807, 2.05) is 11.8 Å². The number of rotatable bonds is 4. The molecular formula is C12H15N3O3S. The number of non-ortho nitro benzene ring substituents is 1. The first-order chi connectivity index (χ1) is 9.15. The Kier molecular flexibility index (Phi) is 4.75. The number of thioether (sulfide) groups is 1. The smallest absolute Gasteiger partial charge is 0.271 e. The van der Waals surface area contributed by atoms with Crippen molar-refractivity contribution in [3.05, 3.63) is 34.4 Å². The normalized spacial score (nSPS) is 16.0. The van der Waals surface area contributed by atoms with E-state index in [1.165, 1.54) is 12.1 Å². The lowest BCUT2D eigenvalue weighted by Gasteiger charge is -2.25. The van der Waals surface area contributed by atoms with Gasteiger partial charge in [0, 0.05) is 42.4 Å². The van der Waals surface area contributed by atoms with E-state index in [1.54, 1.807) is 12.1 Å². The minimum atomic E-state index is -0.475. The zero-order chi connectivity index (χ0) is 13.7. The molecule has 2 rings (SSSR count). The number of nitro benzene ring substituents is 1. The highest BCUT2D eigenvalue weighted by molar-refractivity contribution is 7.99. The van der Waals surface area contributed by atoms with Crippen LogP contribution < -0.4 is 5.32 Å². The molecule has 1 fully saturated rings. The third-order valence-corrected chi connectivity index (χ3v) is 3.75. The van der Waals surface area contributed by atoms with Crippen LogP contribution in [0.2, 0.25) is 0 Å². The molecule has 0 atom stereocenters. The molecule has 0 aliphatic carbocycles. The van der Waals surface area contributed by atoms with Crippen molar-refractivity contribution in [2.45, 2.75) is 0 Å². The monoisotopic (exact) mass is 281 g/mol. The van der Waals surface area contributed by atoms with Gasteiger partial charge in [0.15, 0.2) is 0 Å². The third-order valence-electron chi connectivity index (χ3n) is 2.81. The highest BCUT2D eigenvalue weighted by Gasteiger charge is 2.14. The summed E-state index contributed by atoms with van der Waals surface area (Å²) < 4.78 is 0. The van der Waals surface area contributed by atoms with Gasteiger partial charge in [-0.3, -0.25) is 19.8 Å². The van der Waals surface area contributed by atoms with Crippen LogP contribution >= 0.6 is 11.8 Å². The van der Waals surface area contributed by atoms with Crippen LogP contribution in [-0.4, -0.2) is 46.9 Å². The summed E-state index contributed by atoms with van der Waals surface area (Å²) in [7, 11) is 0. The minimum absolute atomic E-state index is 0.0211.